The van der Waals surface area contributed by atoms with Crippen LogP contribution in [0.2, 0.25) is 0 Å². The first-order valence-electron chi connectivity index (χ1n) is 14.8. The molecule has 1 saturated heterocycles. The van der Waals surface area contributed by atoms with Gasteiger partial charge in [-0.2, -0.15) is 0 Å². The summed E-state index contributed by atoms with van der Waals surface area (Å²) in [4.78, 5) is 66.6. The summed E-state index contributed by atoms with van der Waals surface area (Å²) in [6.45, 7) is 8.01. The number of amides is 4. The molecule has 3 fully saturated rings. The molecule has 3 aliphatic rings. The number of ether oxygens (including phenoxy) is 1. The summed E-state index contributed by atoms with van der Waals surface area (Å²) in [6, 6.07) is -2.50. The lowest BCUT2D eigenvalue weighted by Crippen LogP contribution is -2.58. The molecule has 0 aromatic carbocycles. The van der Waals surface area contributed by atoms with Crippen LogP contribution in [0.1, 0.15) is 90.9 Å². The van der Waals surface area contributed by atoms with Crippen molar-refractivity contribution in [2.75, 3.05) is 13.1 Å². The minimum Gasteiger partial charge on any atom is -0.446 e. The fourth-order valence-electron chi connectivity index (χ4n) is 6.15. The van der Waals surface area contributed by atoms with E-state index in [0.717, 1.165) is 51.4 Å². The van der Waals surface area contributed by atoms with E-state index in [0.29, 0.717) is 38.1 Å². The van der Waals surface area contributed by atoms with Gasteiger partial charge in [0.2, 0.25) is 17.6 Å². The fourth-order valence-corrected chi connectivity index (χ4v) is 6.15. The number of carbonyl (C=O) groups excluding carboxylic acids is 5. The van der Waals surface area contributed by atoms with Crippen LogP contribution >= 0.6 is 0 Å². The molecule has 3 rings (SSSR count). The smallest absolute Gasteiger partial charge is 0.408 e. The molecule has 3 N–H and O–H groups in total. The minimum absolute atomic E-state index is 0.0212. The van der Waals surface area contributed by atoms with Gasteiger partial charge in [-0.25, -0.2) is 4.79 Å². The van der Waals surface area contributed by atoms with Gasteiger partial charge in [0.05, 0.1) is 6.04 Å². The molecular weight excluding hydrogens is 500 g/mol. The molecule has 1 aliphatic heterocycles. The summed E-state index contributed by atoms with van der Waals surface area (Å²) in [6.07, 6.45) is 10.3. The van der Waals surface area contributed by atoms with Crippen molar-refractivity contribution in [2.24, 2.45) is 11.8 Å². The zero-order chi connectivity index (χ0) is 28.4. The van der Waals surface area contributed by atoms with Crippen LogP contribution in [-0.4, -0.2) is 71.8 Å². The van der Waals surface area contributed by atoms with Crippen molar-refractivity contribution < 1.29 is 28.7 Å². The van der Waals surface area contributed by atoms with E-state index in [9.17, 15) is 24.0 Å². The Balaban J connectivity index is 1.70. The lowest BCUT2D eigenvalue weighted by Gasteiger charge is -2.35. The first-order chi connectivity index (χ1) is 18.8. The van der Waals surface area contributed by atoms with Gasteiger partial charge in [-0.3, -0.25) is 19.2 Å². The van der Waals surface area contributed by atoms with E-state index >= 15 is 0 Å². The Hall–Kier alpha value is -2.91. The predicted octanol–water partition coefficient (Wildman–Crippen LogP) is 3.00. The van der Waals surface area contributed by atoms with Crippen LogP contribution in [0.3, 0.4) is 0 Å². The van der Waals surface area contributed by atoms with E-state index < -0.39 is 41.8 Å². The highest BCUT2D eigenvalue weighted by Gasteiger charge is 2.42. The molecule has 0 bridgehead atoms. The van der Waals surface area contributed by atoms with Crippen molar-refractivity contribution >= 4 is 29.6 Å². The molecule has 4 amide bonds. The van der Waals surface area contributed by atoms with Gasteiger partial charge in [-0.05, 0) is 63.2 Å². The van der Waals surface area contributed by atoms with Crippen molar-refractivity contribution in [3.8, 4) is 0 Å². The van der Waals surface area contributed by atoms with Gasteiger partial charge in [-0.1, -0.05) is 45.6 Å². The average molecular weight is 547 g/mol. The standard InChI is InChI=1S/C29H46N4O6/c1-4-11-21(25(34)27(36)30-17-5-2)31-26(35)22-15-10-18-33(22)28(37)24(20-13-7-6-8-14-20)32-29(38)39-23-16-9-12-19(23)3/h5,19-24H,2,4,6-18H2,1,3H3,(H,30,36)(H,31,35)(H,32,38)/t19?,21?,22-,23?,24?/m0/s1. The molecule has 0 radical (unpaired) electrons. The Morgan fingerprint density at radius 3 is 2.36 bits per heavy atom. The lowest BCUT2D eigenvalue weighted by molar-refractivity contribution is -0.143. The van der Waals surface area contributed by atoms with Gasteiger partial charge in [-0.15, -0.1) is 6.58 Å². The van der Waals surface area contributed by atoms with E-state index in [1.54, 1.807) is 4.90 Å². The van der Waals surface area contributed by atoms with E-state index in [4.69, 9.17) is 4.74 Å². The molecule has 10 heteroatoms. The number of hydrogen-bond donors (Lipinski definition) is 3. The quantitative estimate of drug-likeness (QED) is 0.255. The number of nitrogens with zero attached hydrogens (tertiary/aromatic N) is 1. The first-order valence-corrected chi connectivity index (χ1v) is 14.8. The minimum atomic E-state index is -0.972. The number of likely N-dealkylation sites (tertiary alicyclic amines) is 1. The van der Waals surface area contributed by atoms with Crippen LogP contribution < -0.4 is 16.0 Å². The van der Waals surface area contributed by atoms with Crippen LogP contribution in [0.5, 0.6) is 0 Å². The molecule has 1 heterocycles. The van der Waals surface area contributed by atoms with E-state index in [1.807, 2.05) is 6.92 Å². The molecular formula is C29H46N4O6. The summed E-state index contributed by atoms with van der Waals surface area (Å²) in [7, 11) is 0. The molecule has 39 heavy (non-hydrogen) atoms. The number of rotatable bonds is 12. The molecule has 218 valence electrons. The topological polar surface area (TPSA) is 134 Å². The monoisotopic (exact) mass is 546 g/mol. The van der Waals surface area contributed by atoms with Gasteiger partial charge in [0.25, 0.3) is 5.91 Å². The first kappa shape index (κ1) is 30.6. The van der Waals surface area contributed by atoms with Crippen LogP contribution in [0.4, 0.5) is 4.79 Å². The highest BCUT2D eigenvalue weighted by Crippen LogP contribution is 2.31. The summed E-state index contributed by atoms with van der Waals surface area (Å²) in [5.41, 5.74) is 0. The normalized spacial score (nSPS) is 24.9. The average Bonchev–Trinajstić information content (AvgIpc) is 3.59. The zero-order valence-electron chi connectivity index (χ0n) is 23.5. The summed E-state index contributed by atoms with van der Waals surface area (Å²) < 4.78 is 5.71. The molecule has 0 aromatic rings. The van der Waals surface area contributed by atoms with Crippen molar-refractivity contribution in [3.63, 3.8) is 0 Å². The van der Waals surface area contributed by atoms with Gasteiger partial charge in [0.15, 0.2) is 0 Å². The summed E-state index contributed by atoms with van der Waals surface area (Å²) in [5, 5.41) is 8.08. The highest BCUT2D eigenvalue weighted by atomic mass is 16.6. The maximum absolute atomic E-state index is 13.9. The van der Waals surface area contributed by atoms with Gasteiger partial charge in [0, 0.05) is 13.1 Å². The van der Waals surface area contributed by atoms with E-state index in [2.05, 4.69) is 29.5 Å². The van der Waals surface area contributed by atoms with Crippen LogP contribution in [0.25, 0.3) is 0 Å². The van der Waals surface area contributed by atoms with Crippen molar-refractivity contribution in [1.29, 1.82) is 0 Å². The number of ketones is 1. The fraction of sp³-hybridized carbons (Fsp3) is 0.759. The van der Waals surface area contributed by atoms with Gasteiger partial charge < -0.3 is 25.6 Å². The Morgan fingerprint density at radius 2 is 1.72 bits per heavy atom. The predicted molar refractivity (Wildman–Crippen MR) is 147 cm³/mol. The molecule has 2 saturated carbocycles. The van der Waals surface area contributed by atoms with E-state index in [1.165, 1.54) is 6.08 Å². The Bertz CT molecular complexity index is 902. The number of alkyl carbamates (subject to hydrolysis) is 1. The van der Waals surface area contributed by atoms with Crippen LogP contribution in [-0.2, 0) is 23.9 Å². The summed E-state index contributed by atoms with van der Waals surface area (Å²) in [5.74, 6) is -1.94. The molecule has 2 aliphatic carbocycles. The van der Waals surface area contributed by atoms with Crippen molar-refractivity contribution in [1.82, 2.24) is 20.9 Å². The second kappa shape index (κ2) is 15.0. The van der Waals surface area contributed by atoms with Crippen molar-refractivity contribution in [3.05, 3.63) is 12.7 Å². The second-order valence-electron chi connectivity index (χ2n) is 11.3. The number of carbonyl (C=O) groups is 5. The maximum atomic E-state index is 13.9. The second-order valence-corrected chi connectivity index (χ2v) is 11.3. The number of Topliss-reactive ketones (excluding diaryl/α,β-unsaturated/α-hetero) is 1. The molecule has 4 unspecified atom stereocenters. The molecule has 0 aromatic heterocycles. The number of nitrogens with one attached hydrogen (secondary N) is 3. The van der Waals surface area contributed by atoms with Crippen LogP contribution in [0.15, 0.2) is 12.7 Å². The van der Waals surface area contributed by atoms with Crippen LogP contribution in [0, 0.1) is 11.8 Å². The Labute approximate surface area is 232 Å². The van der Waals surface area contributed by atoms with Gasteiger partial charge >= 0.3 is 6.09 Å². The molecule has 0 spiro atoms. The van der Waals surface area contributed by atoms with Crippen molar-refractivity contribution in [2.45, 2.75) is 115 Å². The Morgan fingerprint density at radius 1 is 0.974 bits per heavy atom. The van der Waals surface area contributed by atoms with Gasteiger partial charge in [0.1, 0.15) is 18.2 Å². The number of hydrogen-bond acceptors (Lipinski definition) is 6. The largest absolute Gasteiger partial charge is 0.446 e. The summed E-state index contributed by atoms with van der Waals surface area (Å²) >= 11 is 0. The third-order valence-corrected chi connectivity index (χ3v) is 8.38. The SMILES string of the molecule is C=CCNC(=O)C(=O)C(CCC)NC(=O)[C@@H]1CCCN1C(=O)C(NC(=O)OC1CCCC1C)C1CCCCC1. The Kier molecular flexibility index (Phi) is 11.8. The highest BCUT2D eigenvalue weighted by molar-refractivity contribution is 6.38. The molecule has 10 nitrogen and oxygen atoms in total. The maximum Gasteiger partial charge on any atom is 0.408 e. The zero-order valence-corrected chi connectivity index (χ0v) is 23.5. The lowest BCUT2D eigenvalue weighted by atomic mass is 9.83. The third kappa shape index (κ3) is 8.29. The third-order valence-electron chi connectivity index (χ3n) is 8.38. The van der Waals surface area contributed by atoms with E-state index in [-0.39, 0.29) is 24.5 Å². The molecule has 5 atom stereocenters.